The van der Waals surface area contributed by atoms with Crippen molar-refractivity contribution < 1.29 is 24.2 Å². The summed E-state index contributed by atoms with van der Waals surface area (Å²) in [4.78, 5) is 28.7. The Labute approximate surface area is 200 Å². The molecule has 1 saturated heterocycles. The average molecular weight is 484 g/mol. The number of carbonyl (C=O) groups excluding carboxylic acids is 2. The van der Waals surface area contributed by atoms with Crippen molar-refractivity contribution in [1.29, 1.82) is 0 Å². The van der Waals surface area contributed by atoms with E-state index in [1.54, 1.807) is 43.5 Å². The molecule has 0 aliphatic carbocycles. The standard InChI is InChI=1S/C25H22ClNO5S/c1-13-9-10-33-24(13)21-20(22(28)15-5-7-18(31-3)14(2)11-15)23(29)25(30)27(21)16-6-8-19(32-4)17(26)12-16/h5-12,21,28H,1-4H3/b22-20-. The SMILES string of the molecule is COc1ccc(/C(O)=C2/C(=O)C(=O)N(c3ccc(OC)c(Cl)c3)C2c2sccc2C)cc1C. The first kappa shape index (κ1) is 22.9. The molecule has 33 heavy (non-hydrogen) atoms. The summed E-state index contributed by atoms with van der Waals surface area (Å²) in [6, 6.07) is 11.1. The van der Waals surface area contributed by atoms with Gasteiger partial charge in [-0.3, -0.25) is 14.5 Å². The number of Topliss-reactive ketones (excluding diaryl/α,β-unsaturated/α-hetero) is 1. The van der Waals surface area contributed by atoms with Crippen LogP contribution in [0.25, 0.3) is 5.76 Å². The van der Waals surface area contributed by atoms with E-state index < -0.39 is 17.7 Å². The molecule has 4 rings (SSSR count). The molecule has 1 atom stereocenters. The molecule has 6 nitrogen and oxygen atoms in total. The maximum absolute atomic E-state index is 13.2. The smallest absolute Gasteiger partial charge is 0.300 e. The largest absolute Gasteiger partial charge is 0.507 e. The van der Waals surface area contributed by atoms with Crippen LogP contribution in [-0.2, 0) is 9.59 Å². The van der Waals surface area contributed by atoms with Crippen LogP contribution in [0.1, 0.15) is 27.6 Å². The summed E-state index contributed by atoms with van der Waals surface area (Å²) in [5.41, 5.74) is 2.60. The van der Waals surface area contributed by atoms with Gasteiger partial charge in [0.1, 0.15) is 23.3 Å². The van der Waals surface area contributed by atoms with E-state index in [1.165, 1.54) is 23.3 Å². The minimum Gasteiger partial charge on any atom is -0.507 e. The maximum Gasteiger partial charge on any atom is 0.300 e. The molecule has 1 amide bonds. The lowest BCUT2D eigenvalue weighted by molar-refractivity contribution is -0.132. The highest BCUT2D eigenvalue weighted by atomic mass is 35.5. The molecule has 1 fully saturated rings. The summed E-state index contributed by atoms with van der Waals surface area (Å²) in [5, 5.41) is 13.5. The van der Waals surface area contributed by atoms with Crippen molar-refractivity contribution in [3.8, 4) is 11.5 Å². The van der Waals surface area contributed by atoms with Gasteiger partial charge in [-0.05, 0) is 72.8 Å². The van der Waals surface area contributed by atoms with Gasteiger partial charge in [0.2, 0.25) is 0 Å². The van der Waals surface area contributed by atoms with Crippen molar-refractivity contribution >= 4 is 46.1 Å². The molecule has 3 aromatic rings. The number of rotatable bonds is 5. The fourth-order valence-corrected chi connectivity index (χ4v) is 5.27. The van der Waals surface area contributed by atoms with Crippen LogP contribution in [0.15, 0.2) is 53.4 Å². The summed E-state index contributed by atoms with van der Waals surface area (Å²) >= 11 is 7.74. The zero-order valence-electron chi connectivity index (χ0n) is 18.5. The van der Waals surface area contributed by atoms with Crippen molar-refractivity contribution in [2.45, 2.75) is 19.9 Å². The fraction of sp³-hybridized carbons (Fsp3) is 0.200. The van der Waals surface area contributed by atoms with Gasteiger partial charge < -0.3 is 14.6 Å². The predicted octanol–water partition coefficient (Wildman–Crippen LogP) is 5.66. The second-order valence-electron chi connectivity index (χ2n) is 7.64. The van der Waals surface area contributed by atoms with Crippen LogP contribution in [0.5, 0.6) is 11.5 Å². The van der Waals surface area contributed by atoms with Crippen molar-refractivity contribution in [2.24, 2.45) is 0 Å². The Hall–Kier alpha value is -3.29. The first-order valence-electron chi connectivity index (χ1n) is 10.1. The summed E-state index contributed by atoms with van der Waals surface area (Å²) in [7, 11) is 3.06. The van der Waals surface area contributed by atoms with Gasteiger partial charge in [-0.2, -0.15) is 0 Å². The first-order chi connectivity index (χ1) is 15.8. The lowest BCUT2D eigenvalue weighted by Gasteiger charge is -2.25. The Morgan fingerprint density at radius 3 is 2.27 bits per heavy atom. The van der Waals surface area contributed by atoms with Crippen molar-refractivity contribution in [2.75, 3.05) is 19.1 Å². The normalized spacial score (nSPS) is 17.5. The van der Waals surface area contributed by atoms with E-state index in [-0.39, 0.29) is 11.3 Å². The minimum absolute atomic E-state index is 0.0297. The summed E-state index contributed by atoms with van der Waals surface area (Å²) in [5.74, 6) is -0.620. The quantitative estimate of drug-likeness (QED) is 0.288. The number of amides is 1. The van der Waals surface area contributed by atoms with Crippen molar-refractivity contribution in [3.63, 3.8) is 0 Å². The first-order valence-corrected chi connectivity index (χ1v) is 11.4. The zero-order chi connectivity index (χ0) is 23.9. The minimum atomic E-state index is -0.795. The van der Waals surface area contributed by atoms with Crippen LogP contribution < -0.4 is 14.4 Å². The molecule has 1 aromatic heterocycles. The third-order valence-electron chi connectivity index (χ3n) is 5.68. The second kappa shape index (κ2) is 8.92. The van der Waals surface area contributed by atoms with Gasteiger partial charge >= 0.3 is 0 Å². The number of aryl methyl sites for hydroxylation is 2. The Kier molecular flexibility index (Phi) is 6.19. The van der Waals surface area contributed by atoms with Gasteiger partial charge in [0.15, 0.2) is 0 Å². The van der Waals surface area contributed by atoms with Crippen LogP contribution in [0.3, 0.4) is 0 Å². The van der Waals surface area contributed by atoms with E-state index >= 15 is 0 Å². The number of ether oxygens (including phenoxy) is 2. The molecular formula is C25H22ClNO5S. The van der Waals surface area contributed by atoms with Gasteiger partial charge in [-0.15, -0.1) is 11.3 Å². The number of anilines is 1. The highest BCUT2D eigenvalue weighted by Crippen LogP contribution is 2.46. The van der Waals surface area contributed by atoms with E-state index in [0.717, 1.165) is 16.0 Å². The molecule has 0 bridgehead atoms. The number of aliphatic hydroxyl groups is 1. The highest BCUT2D eigenvalue weighted by Gasteiger charge is 2.48. The number of methoxy groups -OCH3 is 2. The Morgan fingerprint density at radius 1 is 1.00 bits per heavy atom. The van der Waals surface area contributed by atoms with E-state index in [4.69, 9.17) is 21.1 Å². The molecule has 1 aliphatic heterocycles. The molecule has 2 heterocycles. The van der Waals surface area contributed by atoms with E-state index in [0.29, 0.717) is 27.8 Å². The summed E-state index contributed by atoms with van der Waals surface area (Å²) < 4.78 is 10.5. The summed E-state index contributed by atoms with van der Waals surface area (Å²) in [6.45, 7) is 3.75. The van der Waals surface area contributed by atoms with Crippen molar-refractivity contribution in [3.05, 3.63) is 80.0 Å². The van der Waals surface area contributed by atoms with Crippen LogP contribution in [0.2, 0.25) is 5.02 Å². The van der Waals surface area contributed by atoms with Crippen LogP contribution in [0.4, 0.5) is 5.69 Å². The van der Waals surface area contributed by atoms with Crippen molar-refractivity contribution in [1.82, 2.24) is 0 Å². The molecule has 1 N–H and O–H groups in total. The van der Waals surface area contributed by atoms with Gasteiger partial charge in [0.05, 0.1) is 24.8 Å². The Morgan fingerprint density at radius 2 is 1.70 bits per heavy atom. The van der Waals surface area contributed by atoms with Gasteiger partial charge in [0, 0.05) is 16.1 Å². The van der Waals surface area contributed by atoms with E-state index in [9.17, 15) is 14.7 Å². The van der Waals surface area contributed by atoms with E-state index in [2.05, 4.69) is 0 Å². The molecule has 0 spiro atoms. The number of hydrogen-bond acceptors (Lipinski definition) is 6. The van der Waals surface area contributed by atoms with Gasteiger partial charge in [-0.1, -0.05) is 11.6 Å². The second-order valence-corrected chi connectivity index (χ2v) is 9.00. The van der Waals surface area contributed by atoms with Gasteiger partial charge in [0.25, 0.3) is 11.7 Å². The predicted molar refractivity (Wildman–Crippen MR) is 130 cm³/mol. The number of benzene rings is 2. The number of ketones is 1. The van der Waals surface area contributed by atoms with Gasteiger partial charge in [-0.25, -0.2) is 0 Å². The molecule has 0 radical (unpaired) electrons. The molecule has 1 aliphatic rings. The van der Waals surface area contributed by atoms with E-state index in [1.807, 2.05) is 25.3 Å². The fourth-order valence-electron chi connectivity index (χ4n) is 4.00. The monoisotopic (exact) mass is 483 g/mol. The number of thiophene rings is 1. The maximum atomic E-state index is 13.2. The molecule has 1 unspecified atom stereocenters. The average Bonchev–Trinajstić information content (AvgIpc) is 3.33. The summed E-state index contributed by atoms with van der Waals surface area (Å²) in [6.07, 6.45) is 0. The molecule has 2 aromatic carbocycles. The van der Waals surface area contributed by atoms with Crippen LogP contribution in [-0.4, -0.2) is 31.0 Å². The molecular weight excluding hydrogens is 462 g/mol. The number of halogens is 1. The van der Waals surface area contributed by atoms with Crippen LogP contribution >= 0.6 is 22.9 Å². The molecule has 170 valence electrons. The zero-order valence-corrected chi connectivity index (χ0v) is 20.1. The van der Waals surface area contributed by atoms with Crippen LogP contribution in [0, 0.1) is 13.8 Å². The number of carbonyl (C=O) groups is 2. The number of aliphatic hydroxyl groups excluding tert-OH is 1. The highest BCUT2D eigenvalue weighted by molar-refractivity contribution is 7.10. The number of nitrogens with zero attached hydrogens (tertiary/aromatic N) is 1. The third kappa shape index (κ3) is 3.87. The Bertz CT molecular complexity index is 1300. The lowest BCUT2D eigenvalue weighted by atomic mass is 9.97. The number of hydrogen-bond donors (Lipinski definition) is 1. The topological polar surface area (TPSA) is 76.1 Å². The Balaban J connectivity index is 1.93. The third-order valence-corrected chi connectivity index (χ3v) is 7.04. The lowest BCUT2D eigenvalue weighted by Crippen LogP contribution is -2.29. The molecule has 0 saturated carbocycles. The molecule has 8 heteroatoms.